The molecule has 1 atom stereocenters. The standard InChI is InChI=1S/C28H40N8O/c1-20(2)33-13-15-34(16-14-33)23-9-7-22(8-10-23)31-27-30-17-21-19-35(25-11-12-29-18-25)28(37)36(26(21)32-27)24-5-3-4-6-24/h7-10,17,20,24-25,29H,3-6,11-16,18-19H2,1-2H3,(H,30,31,32)/t25-/m1/s1. The first-order chi connectivity index (χ1) is 18.1. The van der Waals surface area contributed by atoms with Gasteiger partial charge in [0.25, 0.3) is 0 Å². The van der Waals surface area contributed by atoms with Crippen LogP contribution in [0, 0.1) is 0 Å². The molecule has 4 aliphatic rings. The summed E-state index contributed by atoms with van der Waals surface area (Å²) in [6.07, 6.45) is 7.34. The maximum absolute atomic E-state index is 13.7. The molecule has 0 spiro atoms. The SMILES string of the molecule is CC(C)N1CCN(c2ccc(Nc3ncc4c(n3)N(C3CCCC3)C(=O)N([C@@H]3CCNC3)C4)cc2)CC1. The fourth-order valence-corrected chi connectivity index (χ4v) is 6.32. The van der Waals surface area contributed by atoms with E-state index in [9.17, 15) is 4.79 Å². The van der Waals surface area contributed by atoms with E-state index in [0.717, 1.165) is 75.6 Å². The first kappa shape index (κ1) is 24.4. The minimum atomic E-state index is 0.111. The second-order valence-electron chi connectivity index (χ2n) is 11.2. The van der Waals surface area contributed by atoms with Gasteiger partial charge in [0.1, 0.15) is 5.82 Å². The minimum Gasteiger partial charge on any atom is -0.369 e. The third kappa shape index (κ3) is 4.99. The van der Waals surface area contributed by atoms with Crippen molar-refractivity contribution in [2.45, 2.75) is 70.6 Å². The number of hydrogen-bond donors (Lipinski definition) is 2. The normalized spacial score (nSPS) is 23.3. The summed E-state index contributed by atoms with van der Waals surface area (Å²) in [6.45, 7) is 11.3. The first-order valence-corrected chi connectivity index (χ1v) is 14.1. The van der Waals surface area contributed by atoms with Crippen LogP contribution in [0.15, 0.2) is 30.5 Å². The highest BCUT2D eigenvalue weighted by Crippen LogP contribution is 2.36. The Morgan fingerprint density at radius 3 is 2.43 bits per heavy atom. The van der Waals surface area contributed by atoms with Gasteiger partial charge in [0, 0.05) is 74.0 Å². The van der Waals surface area contributed by atoms with Gasteiger partial charge in [0.05, 0.1) is 6.54 Å². The number of anilines is 4. The topological polar surface area (TPSA) is 79.9 Å². The van der Waals surface area contributed by atoms with Crippen molar-refractivity contribution in [1.82, 2.24) is 25.1 Å². The summed E-state index contributed by atoms with van der Waals surface area (Å²) in [4.78, 5) is 32.3. The number of hydrogen-bond acceptors (Lipinski definition) is 7. The van der Waals surface area contributed by atoms with Crippen LogP contribution in [0.5, 0.6) is 0 Å². The van der Waals surface area contributed by atoms with Crippen LogP contribution in [0.1, 0.15) is 51.5 Å². The van der Waals surface area contributed by atoms with E-state index >= 15 is 0 Å². The van der Waals surface area contributed by atoms with Gasteiger partial charge in [-0.15, -0.1) is 0 Å². The van der Waals surface area contributed by atoms with E-state index in [-0.39, 0.29) is 18.1 Å². The molecule has 1 aromatic heterocycles. The molecule has 1 aliphatic carbocycles. The molecule has 2 amide bonds. The number of nitrogens with one attached hydrogen (secondary N) is 2. The smallest absolute Gasteiger partial charge is 0.326 e. The molecule has 3 fully saturated rings. The molecule has 2 saturated heterocycles. The van der Waals surface area contributed by atoms with Crippen LogP contribution < -0.4 is 20.4 Å². The molecule has 1 saturated carbocycles. The van der Waals surface area contributed by atoms with Gasteiger partial charge in [0.2, 0.25) is 5.95 Å². The van der Waals surface area contributed by atoms with E-state index in [1.165, 1.54) is 18.5 Å². The second-order valence-corrected chi connectivity index (χ2v) is 11.2. The zero-order chi connectivity index (χ0) is 25.4. The zero-order valence-corrected chi connectivity index (χ0v) is 22.2. The molecule has 0 radical (unpaired) electrons. The molecule has 3 aliphatic heterocycles. The molecule has 1 aromatic carbocycles. The highest BCUT2D eigenvalue weighted by atomic mass is 16.2. The highest BCUT2D eigenvalue weighted by Gasteiger charge is 2.40. The molecule has 198 valence electrons. The first-order valence-electron chi connectivity index (χ1n) is 14.1. The van der Waals surface area contributed by atoms with Crippen LogP contribution in [0.3, 0.4) is 0 Å². The van der Waals surface area contributed by atoms with Crippen LogP contribution in [0.4, 0.5) is 27.9 Å². The number of piperazine rings is 1. The quantitative estimate of drug-likeness (QED) is 0.620. The number of aromatic nitrogens is 2. The van der Waals surface area contributed by atoms with Gasteiger partial charge in [-0.05, 0) is 63.9 Å². The van der Waals surface area contributed by atoms with Crippen molar-refractivity contribution in [3.8, 4) is 0 Å². The Bertz CT molecular complexity index is 1090. The average Bonchev–Trinajstić information content (AvgIpc) is 3.64. The molecule has 6 rings (SSSR count). The van der Waals surface area contributed by atoms with Gasteiger partial charge >= 0.3 is 6.03 Å². The molecule has 9 nitrogen and oxygen atoms in total. The van der Waals surface area contributed by atoms with E-state index in [1.54, 1.807) is 0 Å². The number of nitrogens with zero attached hydrogens (tertiary/aromatic N) is 6. The van der Waals surface area contributed by atoms with Crippen molar-refractivity contribution in [3.05, 3.63) is 36.0 Å². The van der Waals surface area contributed by atoms with Crippen molar-refractivity contribution >= 4 is 29.2 Å². The van der Waals surface area contributed by atoms with Gasteiger partial charge in [0.15, 0.2) is 0 Å². The van der Waals surface area contributed by atoms with Crippen molar-refractivity contribution in [2.75, 3.05) is 54.4 Å². The Balaban J connectivity index is 1.18. The van der Waals surface area contributed by atoms with E-state index in [1.807, 2.05) is 16.0 Å². The van der Waals surface area contributed by atoms with Crippen LogP contribution in [0.2, 0.25) is 0 Å². The molecule has 9 heteroatoms. The molecular formula is C28H40N8O. The summed E-state index contributed by atoms with van der Waals surface area (Å²) >= 11 is 0. The predicted molar refractivity (Wildman–Crippen MR) is 148 cm³/mol. The molecule has 2 N–H and O–H groups in total. The van der Waals surface area contributed by atoms with Crippen LogP contribution in [0.25, 0.3) is 0 Å². The lowest BCUT2D eigenvalue weighted by atomic mass is 10.1. The third-order valence-corrected chi connectivity index (χ3v) is 8.56. The van der Waals surface area contributed by atoms with Crippen LogP contribution in [-0.4, -0.2) is 83.2 Å². The molecule has 0 unspecified atom stereocenters. The summed E-state index contributed by atoms with van der Waals surface area (Å²) in [5.41, 5.74) is 3.25. The van der Waals surface area contributed by atoms with Crippen molar-refractivity contribution in [1.29, 1.82) is 0 Å². The minimum absolute atomic E-state index is 0.111. The second kappa shape index (κ2) is 10.5. The number of carbonyl (C=O) groups excluding carboxylic acids is 1. The summed E-state index contributed by atoms with van der Waals surface area (Å²) < 4.78 is 0. The van der Waals surface area contributed by atoms with Gasteiger partial charge in [-0.25, -0.2) is 9.78 Å². The zero-order valence-electron chi connectivity index (χ0n) is 22.2. The fourth-order valence-electron chi connectivity index (χ4n) is 6.32. The number of amides is 2. The monoisotopic (exact) mass is 504 g/mol. The number of urea groups is 1. The van der Waals surface area contributed by atoms with Gasteiger partial charge in [-0.1, -0.05) is 12.8 Å². The predicted octanol–water partition coefficient (Wildman–Crippen LogP) is 3.80. The average molecular weight is 505 g/mol. The van der Waals surface area contributed by atoms with E-state index in [4.69, 9.17) is 4.98 Å². The van der Waals surface area contributed by atoms with E-state index < -0.39 is 0 Å². The Hall–Kier alpha value is -2.91. The van der Waals surface area contributed by atoms with Crippen LogP contribution >= 0.6 is 0 Å². The maximum atomic E-state index is 13.7. The molecule has 4 heterocycles. The van der Waals surface area contributed by atoms with Gasteiger partial charge in [-0.2, -0.15) is 4.98 Å². The lowest BCUT2D eigenvalue weighted by molar-refractivity contribution is 0.174. The molecule has 0 bridgehead atoms. The lowest BCUT2D eigenvalue weighted by Crippen LogP contribution is -2.55. The Kier molecular flexibility index (Phi) is 6.90. The van der Waals surface area contributed by atoms with Crippen LogP contribution in [-0.2, 0) is 6.54 Å². The molecule has 2 aromatic rings. The fraction of sp³-hybridized carbons (Fsp3) is 0.607. The van der Waals surface area contributed by atoms with Crippen molar-refractivity contribution in [2.24, 2.45) is 0 Å². The van der Waals surface area contributed by atoms with E-state index in [2.05, 4.69) is 63.5 Å². The number of carbonyl (C=O) groups is 1. The lowest BCUT2D eigenvalue weighted by Gasteiger charge is -2.41. The molecular weight excluding hydrogens is 464 g/mol. The summed E-state index contributed by atoms with van der Waals surface area (Å²) in [5.74, 6) is 1.33. The summed E-state index contributed by atoms with van der Waals surface area (Å²) in [7, 11) is 0. The highest BCUT2D eigenvalue weighted by molar-refractivity contribution is 5.94. The summed E-state index contributed by atoms with van der Waals surface area (Å²) in [6, 6.07) is 9.73. The Morgan fingerprint density at radius 1 is 1.00 bits per heavy atom. The van der Waals surface area contributed by atoms with E-state index in [0.29, 0.717) is 18.5 Å². The van der Waals surface area contributed by atoms with Crippen molar-refractivity contribution < 1.29 is 4.79 Å². The largest absolute Gasteiger partial charge is 0.369 e. The Morgan fingerprint density at radius 2 is 1.76 bits per heavy atom. The van der Waals surface area contributed by atoms with Gasteiger partial charge in [-0.3, -0.25) is 9.80 Å². The maximum Gasteiger partial charge on any atom is 0.326 e. The molecule has 37 heavy (non-hydrogen) atoms. The Labute approximate surface area is 220 Å². The van der Waals surface area contributed by atoms with Crippen molar-refractivity contribution in [3.63, 3.8) is 0 Å². The number of fused-ring (bicyclic) bond motifs is 1. The van der Waals surface area contributed by atoms with Gasteiger partial charge < -0.3 is 20.4 Å². The summed E-state index contributed by atoms with van der Waals surface area (Å²) in [5, 5.41) is 6.80. The number of rotatable bonds is 6. The number of benzene rings is 1. The third-order valence-electron chi connectivity index (χ3n) is 8.56.